The molecule has 2 aliphatic heterocycles. The van der Waals surface area contributed by atoms with Crippen LogP contribution in [-0.4, -0.2) is 48.1 Å². The van der Waals surface area contributed by atoms with Crippen molar-refractivity contribution >= 4 is 0 Å². The Labute approximate surface area is 120 Å². The molecule has 0 radical (unpaired) electrons. The molecule has 0 aromatic carbocycles. The molecule has 2 heteroatoms. The second kappa shape index (κ2) is 7.64. The first-order valence-electron chi connectivity index (χ1n) is 8.68. The van der Waals surface area contributed by atoms with E-state index in [1.54, 1.807) is 0 Å². The van der Waals surface area contributed by atoms with Crippen LogP contribution in [-0.2, 0) is 0 Å². The van der Waals surface area contributed by atoms with Gasteiger partial charge in [0.25, 0.3) is 0 Å². The molecule has 0 spiro atoms. The molecule has 0 aliphatic carbocycles. The lowest BCUT2D eigenvalue weighted by Gasteiger charge is -2.48. The van der Waals surface area contributed by atoms with E-state index in [0.29, 0.717) is 0 Å². The molecule has 0 aromatic heterocycles. The maximum absolute atomic E-state index is 2.81. The van der Waals surface area contributed by atoms with Gasteiger partial charge in [0.1, 0.15) is 0 Å². The quantitative estimate of drug-likeness (QED) is 0.675. The molecule has 19 heavy (non-hydrogen) atoms. The highest BCUT2D eigenvalue weighted by molar-refractivity contribution is 4.90. The summed E-state index contributed by atoms with van der Waals surface area (Å²) in [6, 6.07) is 1.70. The summed E-state index contributed by atoms with van der Waals surface area (Å²) in [6.07, 6.45) is 9.88. The average Bonchev–Trinajstić information content (AvgIpc) is 2.42. The minimum atomic E-state index is 0.827. The van der Waals surface area contributed by atoms with Crippen LogP contribution in [0.1, 0.15) is 65.7 Å². The van der Waals surface area contributed by atoms with E-state index < -0.39 is 0 Å². The number of unbranched alkanes of at least 4 members (excludes halogenated alkanes) is 1. The highest BCUT2D eigenvalue weighted by atomic mass is 15.3. The molecule has 2 nitrogen and oxygen atoms in total. The van der Waals surface area contributed by atoms with E-state index in [1.165, 1.54) is 71.1 Å². The fourth-order valence-electron chi connectivity index (χ4n) is 3.84. The summed E-state index contributed by atoms with van der Waals surface area (Å²) in [5, 5.41) is 0. The van der Waals surface area contributed by atoms with Crippen LogP contribution >= 0.6 is 0 Å². The van der Waals surface area contributed by atoms with Gasteiger partial charge in [-0.1, -0.05) is 40.0 Å². The van der Waals surface area contributed by atoms with Crippen LogP contribution < -0.4 is 0 Å². The minimum Gasteiger partial charge on any atom is -0.298 e. The van der Waals surface area contributed by atoms with Crippen molar-refractivity contribution < 1.29 is 0 Å². The molecule has 2 rings (SSSR count). The molecule has 2 fully saturated rings. The van der Waals surface area contributed by atoms with Gasteiger partial charge < -0.3 is 0 Å². The Morgan fingerprint density at radius 2 is 1.95 bits per heavy atom. The molecule has 0 saturated carbocycles. The van der Waals surface area contributed by atoms with Gasteiger partial charge in [0.15, 0.2) is 0 Å². The smallest absolute Gasteiger partial charge is 0.0223 e. The van der Waals surface area contributed by atoms with Crippen LogP contribution in [0.4, 0.5) is 0 Å². The molecule has 2 atom stereocenters. The topological polar surface area (TPSA) is 6.48 Å². The van der Waals surface area contributed by atoms with Gasteiger partial charge in [0, 0.05) is 25.2 Å². The molecule has 0 amide bonds. The molecule has 2 heterocycles. The van der Waals surface area contributed by atoms with Crippen LogP contribution in [0.15, 0.2) is 0 Å². The van der Waals surface area contributed by atoms with Crippen molar-refractivity contribution in [1.82, 2.24) is 9.80 Å². The molecule has 0 bridgehead atoms. The Hall–Kier alpha value is -0.0800. The number of fused-ring (bicyclic) bond motifs is 1. The van der Waals surface area contributed by atoms with Crippen molar-refractivity contribution in [1.29, 1.82) is 0 Å². The Morgan fingerprint density at radius 1 is 1.11 bits per heavy atom. The van der Waals surface area contributed by atoms with E-state index in [-0.39, 0.29) is 0 Å². The Balaban J connectivity index is 1.77. The van der Waals surface area contributed by atoms with Gasteiger partial charge in [-0.25, -0.2) is 0 Å². The molecule has 2 aliphatic rings. The Bertz CT molecular complexity index is 252. The number of hydrogen-bond donors (Lipinski definition) is 0. The Kier molecular flexibility index (Phi) is 6.15. The molecular formula is C17H34N2. The zero-order chi connectivity index (χ0) is 13.7. The number of piperidine rings is 1. The SMILES string of the molecule is CCC1CN2CCCCC2CN1CCCCC(C)C. The van der Waals surface area contributed by atoms with E-state index in [9.17, 15) is 0 Å². The minimum absolute atomic E-state index is 0.827. The summed E-state index contributed by atoms with van der Waals surface area (Å²) >= 11 is 0. The number of rotatable bonds is 6. The van der Waals surface area contributed by atoms with E-state index in [0.717, 1.165) is 18.0 Å². The summed E-state index contributed by atoms with van der Waals surface area (Å²) in [4.78, 5) is 5.59. The number of hydrogen-bond acceptors (Lipinski definition) is 2. The van der Waals surface area contributed by atoms with Crippen molar-refractivity contribution in [2.24, 2.45) is 5.92 Å². The summed E-state index contributed by atoms with van der Waals surface area (Å²) in [6.45, 7) is 12.4. The fraction of sp³-hybridized carbons (Fsp3) is 1.00. The summed E-state index contributed by atoms with van der Waals surface area (Å²) < 4.78 is 0. The van der Waals surface area contributed by atoms with Crippen LogP contribution in [0.2, 0.25) is 0 Å². The predicted molar refractivity (Wildman–Crippen MR) is 83.6 cm³/mol. The normalized spacial score (nSPS) is 29.7. The lowest BCUT2D eigenvalue weighted by Crippen LogP contribution is -2.59. The zero-order valence-electron chi connectivity index (χ0n) is 13.4. The monoisotopic (exact) mass is 266 g/mol. The maximum Gasteiger partial charge on any atom is 0.0223 e. The maximum atomic E-state index is 2.81. The van der Waals surface area contributed by atoms with Crippen molar-refractivity contribution in [3.63, 3.8) is 0 Å². The molecule has 2 saturated heterocycles. The zero-order valence-corrected chi connectivity index (χ0v) is 13.4. The highest BCUT2D eigenvalue weighted by Gasteiger charge is 2.33. The fourth-order valence-corrected chi connectivity index (χ4v) is 3.84. The molecule has 0 aromatic rings. The number of nitrogens with zero attached hydrogens (tertiary/aromatic N) is 2. The van der Waals surface area contributed by atoms with Crippen LogP contribution in [0, 0.1) is 5.92 Å². The summed E-state index contributed by atoms with van der Waals surface area (Å²) in [7, 11) is 0. The van der Waals surface area contributed by atoms with E-state index >= 15 is 0 Å². The first kappa shape index (κ1) is 15.3. The first-order chi connectivity index (χ1) is 9.20. The van der Waals surface area contributed by atoms with E-state index in [1.807, 2.05) is 0 Å². The third-order valence-corrected chi connectivity index (χ3v) is 5.10. The van der Waals surface area contributed by atoms with Gasteiger partial charge in [-0.05, 0) is 44.7 Å². The summed E-state index contributed by atoms with van der Waals surface area (Å²) in [5.74, 6) is 0.872. The van der Waals surface area contributed by atoms with E-state index in [4.69, 9.17) is 0 Å². The van der Waals surface area contributed by atoms with Gasteiger partial charge in [0.05, 0.1) is 0 Å². The third-order valence-electron chi connectivity index (χ3n) is 5.10. The molecule has 112 valence electrons. The van der Waals surface area contributed by atoms with Crippen LogP contribution in [0.25, 0.3) is 0 Å². The van der Waals surface area contributed by atoms with Crippen molar-refractivity contribution in [2.75, 3.05) is 26.2 Å². The van der Waals surface area contributed by atoms with Gasteiger partial charge in [0.2, 0.25) is 0 Å². The Morgan fingerprint density at radius 3 is 2.68 bits per heavy atom. The largest absolute Gasteiger partial charge is 0.298 e. The van der Waals surface area contributed by atoms with Crippen LogP contribution in [0.3, 0.4) is 0 Å². The lowest BCUT2D eigenvalue weighted by molar-refractivity contribution is 0.00680. The van der Waals surface area contributed by atoms with Gasteiger partial charge in [-0.15, -0.1) is 0 Å². The van der Waals surface area contributed by atoms with Crippen LogP contribution in [0.5, 0.6) is 0 Å². The second-order valence-corrected chi connectivity index (χ2v) is 7.09. The molecular weight excluding hydrogens is 232 g/mol. The van der Waals surface area contributed by atoms with Crippen molar-refractivity contribution in [3.8, 4) is 0 Å². The van der Waals surface area contributed by atoms with E-state index in [2.05, 4.69) is 30.6 Å². The average molecular weight is 266 g/mol. The standard InChI is InChI=1S/C17H34N2/c1-4-16-13-19-12-8-6-10-17(19)14-18(16)11-7-5-9-15(2)3/h15-17H,4-14H2,1-3H3. The number of piperazine rings is 1. The molecule has 0 N–H and O–H groups in total. The van der Waals surface area contributed by atoms with Crippen molar-refractivity contribution in [2.45, 2.75) is 77.8 Å². The second-order valence-electron chi connectivity index (χ2n) is 7.09. The molecule has 2 unspecified atom stereocenters. The van der Waals surface area contributed by atoms with Crippen molar-refractivity contribution in [3.05, 3.63) is 0 Å². The predicted octanol–water partition coefficient (Wildman–Crippen LogP) is 3.76. The lowest BCUT2D eigenvalue weighted by atomic mass is 9.95. The van der Waals surface area contributed by atoms with Gasteiger partial charge in [-0.2, -0.15) is 0 Å². The summed E-state index contributed by atoms with van der Waals surface area (Å²) in [5.41, 5.74) is 0. The highest BCUT2D eigenvalue weighted by Crippen LogP contribution is 2.25. The third kappa shape index (κ3) is 4.46. The van der Waals surface area contributed by atoms with Gasteiger partial charge >= 0.3 is 0 Å². The first-order valence-corrected chi connectivity index (χ1v) is 8.68. The van der Waals surface area contributed by atoms with Gasteiger partial charge in [-0.3, -0.25) is 9.80 Å².